The van der Waals surface area contributed by atoms with Crippen molar-refractivity contribution in [2.75, 3.05) is 0 Å². The van der Waals surface area contributed by atoms with Crippen LogP contribution in [0.15, 0.2) is 46.6 Å². The van der Waals surface area contributed by atoms with Crippen molar-refractivity contribution in [1.29, 1.82) is 0 Å². The largest absolute Gasteiger partial charge is 0.303 e. The Kier molecular flexibility index (Phi) is 5.28. The van der Waals surface area contributed by atoms with Gasteiger partial charge in [-0.2, -0.15) is 0 Å². The lowest BCUT2D eigenvalue weighted by Crippen LogP contribution is -2.24. The second kappa shape index (κ2) is 8.23. The standard InChI is InChI=1S/C24H25N5OS/c1-3-4-5-8-13-28-16(2)25-22-20(24(28)30)21-23(29(22)15-17-10-9-14-31-17)27-19-12-7-6-11-18(19)26-21/h6-7,9-12,14H,3-5,8,13,15H2,1-2H3. The van der Waals surface area contributed by atoms with E-state index in [1.807, 2.05) is 46.4 Å². The lowest BCUT2D eigenvalue weighted by molar-refractivity contribution is 0.555. The number of benzene rings is 1. The van der Waals surface area contributed by atoms with Crippen molar-refractivity contribution in [3.05, 3.63) is 62.8 Å². The molecule has 5 aromatic rings. The third-order valence-electron chi connectivity index (χ3n) is 5.77. The summed E-state index contributed by atoms with van der Waals surface area (Å²) >= 11 is 1.69. The molecule has 0 radical (unpaired) electrons. The van der Waals surface area contributed by atoms with E-state index in [1.165, 1.54) is 17.7 Å². The SMILES string of the molecule is CCCCCCn1c(C)nc2c(c1=O)c1nc3ccccc3nc1n2Cc1cccs1. The van der Waals surface area contributed by atoms with Crippen LogP contribution in [-0.4, -0.2) is 24.1 Å². The van der Waals surface area contributed by atoms with Gasteiger partial charge < -0.3 is 4.57 Å². The number of unbranched alkanes of at least 4 members (excludes halogenated alkanes) is 3. The molecule has 31 heavy (non-hydrogen) atoms. The molecule has 7 heteroatoms. The molecule has 0 amide bonds. The molecule has 0 bridgehead atoms. The van der Waals surface area contributed by atoms with Crippen LogP contribution in [0, 0.1) is 6.92 Å². The van der Waals surface area contributed by atoms with Crippen molar-refractivity contribution >= 4 is 44.6 Å². The first-order valence-corrected chi connectivity index (χ1v) is 11.7. The summed E-state index contributed by atoms with van der Waals surface area (Å²) in [5.74, 6) is 0.744. The smallest absolute Gasteiger partial charge is 0.265 e. The third kappa shape index (κ3) is 3.53. The number of nitrogens with zero attached hydrogens (tertiary/aromatic N) is 5. The second-order valence-electron chi connectivity index (χ2n) is 7.93. The summed E-state index contributed by atoms with van der Waals surface area (Å²) in [6.07, 6.45) is 4.44. The average molecular weight is 432 g/mol. The van der Waals surface area contributed by atoms with Crippen molar-refractivity contribution in [2.45, 2.75) is 52.6 Å². The first kappa shape index (κ1) is 19.9. The number of hydrogen-bond acceptors (Lipinski definition) is 5. The maximum absolute atomic E-state index is 13.6. The van der Waals surface area contributed by atoms with Crippen LogP contribution in [0.4, 0.5) is 0 Å². The highest BCUT2D eigenvalue weighted by atomic mass is 32.1. The Balaban J connectivity index is 1.77. The lowest BCUT2D eigenvalue weighted by Gasteiger charge is -2.10. The summed E-state index contributed by atoms with van der Waals surface area (Å²) in [5.41, 5.74) is 3.63. The molecule has 0 saturated carbocycles. The van der Waals surface area contributed by atoms with Crippen molar-refractivity contribution < 1.29 is 0 Å². The number of para-hydroxylation sites is 2. The predicted octanol–water partition coefficient (Wildman–Crippen LogP) is 5.29. The number of hydrogen-bond donors (Lipinski definition) is 0. The highest BCUT2D eigenvalue weighted by Crippen LogP contribution is 2.27. The van der Waals surface area contributed by atoms with Gasteiger partial charge in [0.1, 0.15) is 16.7 Å². The molecule has 1 aromatic carbocycles. The van der Waals surface area contributed by atoms with Crippen molar-refractivity contribution in [1.82, 2.24) is 24.1 Å². The number of rotatable bonds is 7. The third-order valence-corrected chi connectivity index (χ3v) is 6.63. The van der Waals surface area contributed by atoms with Gasteiger partial charge in [0.15, 0.2) is 11.3 Å². The first-order valence-electron chi connectivity index (χ1n) is 10.9. The van der Waals surface area contributed by atoms with Crippen LogP contribution in [0.3, 0.4) is 0 Å². The molecule has 0 aliphatic rings. The molecule has 6 nitrogen and oxygen atoms in total. The van der Waals surface area contributed by atoms with E-state index in [1.54, 1.807) is 11.3 Å². The lowest BCUT2D eigenvalue weighted by atomic mass is 10.2. The quantitative estimate of drug-likeness (QED) is 0.328. The van der Waals surface area contributed by atoms with Crippen LogP contribution in [0.2, 0.25) is 0 Å². The molecular weight excluding hydrogens is 406 g/mol. The number of aromatic nitrogens is 5. The molecule has 0 N–H and O–H groups in total. The van der Waals surface area contributed by atoms with Crippen molar-refractivity contribution in [3.63, 3.8) is 0 Å². The Labute approximate surface area is 184 Å². The van der Waals surface area contributed by atoms with Gasteiger partial charge in [0, 0.05) is 11.4 Å². The Bertz CT molecular complexity index is 1430. The maximum atomic E-state index is 13.6. The molecule has 0 unspecified atom stereocenters. The summed E-state index contributed by atoms with van der Waals surface area (Å²) < 4.78 is 3.86. The van der Waals surface area contributed by atoms with Gasteiger partial charge in [0.2, 0.25) is 0 Å². The fraction of sp³-hybridized carbons (Fsp3) is 0.333. The van der Waals surface area contributed by atoms with E-state index in [9.17, 15) is 4.79 Å². The Hall–Kier alpha value is -3.06. The van der Waals surface area contributed by atoms with E-state index in [0.717, 1.165) is 35.3 Å². The summed E-state index contributed by atoms with van der Waals surface area (Å²) in [7, 11) is 0. The fourth-order valence-corrected chi connectivity index (χ4v) is 4.86. The van der Waals surface area contributed by atoms with Gasteiger partial charge in [-0.1, -0.05) is 44.4 Å². The maximum Gasteiger partial charge on any atom is 0.265 e. The number of thiophene rings is 1. The van der Waals surface area contributed by atoms with Gasteiger partial charge >= 0.3 is 0 Å². The Morgan fingerprint density at radius 2 is 1.71 bits per heavy atom. The summed E-state index contributed by atoms with van der Waals surface area (Å²) in [5, 5.41) is 2.64. The van der Waals surface area contributed by atoms with Gasteiger partial charge in [-0.15, -0.1) is 11.3 Å². The molecule has 0 fully saturated rings. The van der Waals surface area contributed by atoms with Crippen LogP contribution in [0.1, 0.15) is 43.3 Å². The molecule has 0 atom stereocenters. The zero-order valence-electron chi connectivity index (χ0n) is 17.8. The minimum atomic E-state index is -0.0153. The zero-order valence-corrected chi connectivity index (χ0v) is 18.7. The number of fused-ring (bicyclic) bond motifs is 4. The van der Waals surface area contributed by atoms with E-state index >= 15 is 0 Å². The van der Waals surface area contributed by atoms with Crippen LogP contribution in [0.5, 0.6) is 0 Å². The highest BCUT2D eigenvalue weighted by Gasteiger charge is 2.21. The molecule has 158 valence electrons. The molecule has 0 aliphatic carbocycles. The van der Waals surface area contributed by atoms with Crippen LogP contribution >= 0.6 is 11.3 Å². The Morgan fingerprint density at radius 1 is 0.903 bits per heavy atom. The molecule has 0 saturated heterocycles. The highest BCUT2D eigenvalue weighted by molar-refractivity contribution is 7.09. The molecule has 5 rings (SSSR count). The van der Waals surface area contributed by atoms with E-state index in [0.29, 0.717) is 29.6 Å². The van der Waals surface area contributed by atoms with Crippen molar-refractivity contribution in [3.8, 4) is 0 Å². The Morgan fingerprint density at radius 3 is 2.45 bits per heavy atom. The van der Waals surface area contributed by atoms with Crippen LogP contribution < -0.4 is 5.56 Å². The summed E-state index contributed by atoms with van der Waals surface area (Å²) in [6.45, 7) is 5.42. The van der Waals surface area contributed by atoms with Crippen molar-refractivity contribution in [2.24, 2.45) is 0 Å². The van der Waals surface area contributed by atoms with E-state index in [-0.39, 0.29) is 5.56 Å². The normalized spacial score (nSPS) is 11.8. The minimum Gasteiger partial charge on any atom is -0.303 e. The number of aryl methyl sites for hydroxylation is 1. The van der Waals surface area contributed by atoms with Crippen LogP contribution in [0.25, 0.3) is 33.2 Å². The molecule has 4 aromatic heterocycles. The zero-order chi connectivity index (χ0) is 21.4. The minimum absolute atomic E-state index is 0.0153. The molecule has 0 aliphatic heterocycles. The summed E-state index contributed by atoms with van der Waals surface area (Å²) in [6, 6.07) is 11.9. The average Bonchev–Trinajstić information content (AvgIpc) is 3.38. The van der Waals surface area contributed by atoms with Gasteiger partial charge in [-0.3, -0.25) is 9.36 Å². The van der Waals surface area contributed by atoms with Gasteiger partial charge in [-0.05, 0) is 36.9 Å². The van der Waals surface area contributed by atoms with Gasteiger partial charge in [0.25, 0.3) is 5.56 Å². The van der Waals surface area contributed by atoms with E-state index < -0.39 is 0 Å². The van der Waals surface area contributed by atoms with E-state index in [4.69, 9.17) is 15.0 Å². The van der Waals surface area contributed by atoms with Gasteiger partial charge in [-0.25, -0.2) is 15.0 Å². The molecular formula is C24H25N5OS. The first-order chi connectivity index (χ1) is 15.2. The monoisotopic (exact) mass is 431 g/mol. The topological polar surface area (TPSA) is 65.6 Å². The molecule has 0 spiro atoms. The molecule has 4 heterocycles. The summed E-state index contributed by atoms with van der Waals surface area (Å²) in [4.78, 5) is 29.5. The van der Waals surface area contributed by atoms with Gasteiger partial charge in [0.05, 0.1) is 17.6 Å². The second-order valence-corrected chi connectivity index (χ2v) is 8.96. The van der Waals surface area contributed by atoms with Crippen LogP contribution in [-0.2, 0) is 13.1 Å². The van der Waals surface area contributed by atoms with E-state index in [2.05, 4.69) is 18.4 Å². The predicted molar refractivity (Wildman–Crippen MR) is 127 cm³/mol. The fourth-order valence-electron chi connectivity index (χ4n) is 4.16.